The number of carbonyl (C=O) groups is 1. The number of rotatable bonds is 2. The minimum Gasteiger partial charge on any atom is -0.442 e. The average Bonchev–Trinajstić information content (AvgIpc) is 2.90. The lowest BCUT2D eigenvalue weighted by molar-refractivity contribution is 0.0580. The van der Waals surface area contributed by atoms with Crippen LogP contribution in [0.4, 0.5) is 10.5 Å². The highest BCUT2D eigenvalue weighted by molar-refractivity contribution is 7.13. The second-order valence-corrected chi connectivity index (χ2v) is 6.32. The van der Waals surface area contributed by atoms with Gasteiger partial charge in [0.25, 0.3) is 0 Å². The van der Waals surface area contributed by atoms with Crippen molar-refractivity contribution in [3.63, 3.8) is 0 Å². The summed E-state index contributed by atoms with van der Waals surface area (Å²) < 4.78 is 5.22. The first-order valence-corrected chi connectivity index (χ1v) is 7.16. The van der Waals surface area contributed by atoms with Crippen molar-refractivity contribution in [1.82, 2.24) is 0 Å². The molecule has 2 N–H and O–H groups in total. The fourth-order valence-corrected chi connectivity index (χ4v) is 2.38. The zero-order valence-corrected chi connectivity index (χ0v) is 12.6. The first kappa shape index (κ1) is 14.6. The fraction of sp³-hybridized carbons (Fsp3) is 0.267. The van der Waals surface area contributed by atoms with Crippen molar-refractivity contribution in [2.45, 2.75) is 26.4 Å². The van der Waals surface area contributed by atoms with Crippen LogP contribution in [0.1, 0.15) is 20.8 Å². The van der Waals surface area contributed by atoms with Crippen LogP contribution in [0.25, 0.3) is 10.4 Å². The van der Waals surface area contributed by atoms with E-state index in [0.717, 1.165) is 10.6 Å². The summed E-state index contributed by atoms with van der Waals surface area (Å²) in [4.78, 5) is 13.0. The van der Waals surface area contributed by atoms with Gasteiger partial charge in [-0.25, -0.2) is 15.6 Å². The molecule has 0 aliphatic rings. The molecule has 0 fully saturated rings. The Balaban J connectivity index is 2.12. The SMILES string of the molecule is CC(C)(C)OC(=O)N(N)c1ccc(-c2cccs2)cc1. The zero-order chi connectivity index (χ0) is 14.8. The normalized spacial score (nSPS) is 11.2. The van der Waals surface area contributed by atoms with Gasteiger partial charge in [0, 0.05) is 4.88 Å². The van der Waals surface area contributed by atoms with Gasteiger partial charge in [0.2, 0.25) is 0 Å². The van der Waals surface area contributed by atoms with Crippen molar-refractivity contribution >= 4 is 23.1 Å². The molecular formula is C15H18N2O2S. The molecule has 0 bridgehead atoms. The van der Waals surface area contributed by atoms with Crippen LogP contribution in [0.15, 0.2) is 41.8 Å². The Bertz CT molecular complexity index is 571. The van der Waals surface area contributed by atoms with Crippen LogP contribution in [0.5, 0.6) is 0 Å². The molecule has 1 heterocycles. The quantitative estimate of drug-likeness (QED) is 0.516. The summed E-state index contributed by atoms with van der Waals surface area (Å²) in [5.74, 6) is 5.78. The van der Waals surface area contributed by atoms with E-state index in [9.17, 15) is 4.79 Å². The van der Waals surface area contributed by atoms with Crippen molar-refractivity contribution in [3.8, 4) is 10.4 Å². The predicted octanol–water partition coefficient (Wildman–Crippen LogP) is 4.03. The lowest BCUT2D eigenvalue weighted by atomic mass is 10.2. The van der Waals surface area contributed by atoms with Gasteiger partial charge in [-0.15, -0.1) is 11.3 Å². The van der Waals surface area contributed by atoms with E-state index in [4.69, 9.17) is 10.6 Å². The minimum absolute atomic E-state index is 0.564. The fourth-order valence-electron chi connectivity index (χ4n) is 1.65. The van der Waals surface area contributed by atoms with E-state index < -0.39 is 11.7 Å². The van der Waals surface area contributed by atoms with Crippen molar-refractivity contribution in [1.29, 1.82) is 0 Å². The maximum Gasteiger partial charge on any atom is 0.429 e. The summed E-state index contributed by atoms with van der Waals surface area (Å²) in [7, 11) is 0. The molecule has 5 heteroatoms. The van der Waals surface area contributed by atoms with Crippen molar-refractivity contribution in [3.05, 3.63) is 41.8 Å². The molecule has 1 amide bonds. The molecule has 1 aromatic heterocycles. The van der Waals surface area contributed by atoms with Gasteiger partial charge < -0.3 is 4.74 Å². The maximum absolute atomic E-state index is 11.9. The molecule has 0 aliphatic carbocycles. The van der Waals surface area contributed by atoms with Crippen LogP contribution < -0.4 is 10.9 Å². The van der Waals surface area contributed by atoms with E-state index in [1.807, 2.05) is 29.6 Å². The molecule has 0 unspecified atom stereocenters. The molecule has 2 aromatic rings. The molecule has 1 aromatic carbocycles. The Hall–Kier alpha value is -1.85. The van der Waals surface area contributed by atoms with Crippen molar-refractivity contribution in [2.75, 3.05) is 5.01 Å². The Morgan fingerprint density at radius 2 is 1.85 bits per heavy atom. The lowest BCUT2D eigenvalue weighted by Gasteiger charge is -2.24. The second-order valence-electron chi connectivity index (χ2n) is 5.37. The summed E-state index contributed by atoms with van der Waals surface area (Å²) in [5.41, 5.74) is 1.13. The van der Waals surface area contributed by atoms with E-state index >= 15 is 0 Å². The Kier molecular flexibility index (Phi) is 4.11. The molecule has 0 atom stereocenters. The summed E-state index contributed by atoms with van der Waals surface area (Å²) in [5, 5.41) is 3.04. The van der Waals surface area contributed by atoms with Gasteiger partial charge in [0.1, 0.15) is 5.60 Å². The summed E-state index contributed by atoms with van der Waals surface area (Å²) in [6, 6.07) is 11.5. The zero-order valence-electron chi connectivity index (χ0n) is 11.8. The molecule has 2 rings (SSSR count). The number of thiophene rings is 1. The summed E-state index contributed by atoms with van der Waals surface area (Å²) in [6.07, 6.45) is -0.568. The molecule has 0 saturated heterocycles. The number of benzene rings is 1. The lowest BCUT2D eigenvalue weighted by Crippen LogP contribution is -2.41. The van der Waals surface area contributed by atoms with E-state index in [2.05, 4.69) is 0 Å². The van der Waals surface area contributed by atoms with E-state index in [-0.39, 0.29) is 0 Å². The highest BCUT2D eigenvalue weighted by Gasteiger charge is 2.21. The number of nitrogens with two attached hydrogens (primary N) is 1. The van der Waals surface area contributed by atoms with E-state index in [1.165, 1.54) is 4.88 Å². The van der Waals surface area contributed by atoms with Crippen LogP contribution in [-0.2, 0) is 4.74 Å². The second kappa shape index (κ2) is 5.64. The molecule has 0 aliphatic heterocycles. The van der Waals surface area contributed by atoms with Gasteiger partial charge in [0.15, 0.2) is 0 Å². The van der Waals surface area contributed by atoms with Gasteiger partial charge in [-0.05, 0) is 49.9 Å². The third kappa shape index (κ3) is 3.59. The third-order valence-electron chi connectivity index (χ3n) is 2.54. The van der Waals surface area contributed by atoms with Crippen LogP contribution in [0.3, 0.4) is 0 Å². The average molecular weight is 290 g/mol. The number of hydrogen-bond donors (Lipinski definition) is 1. The number of anilines is 1. The molecule has 106 valence electrons. The first-order valence-electron chi connectivity index (χ1n) is 6.28. The smallest absolute Gasteiger partial charge is 0.429 e. The van der Waals surface area contributed by atoms with Gasteiger partial charge >= 0.3 is 6.09 Å². The highest BCUT2D eigenvalue weighted by Crippen LogP contribution is 2.26. The van der Waals surface area contributed by atoms with Crippen LogP contribution in [0, 0.1) is 0 Å². The third-order valence-corrected chi connectivity index (χ3v) is 3.46. The van der Waals surface area contributed by atoms with Crippen LogP contribution in [-0.4, -0.2) is 11.7 Å². The van der Waals surface area contributed by atoms with Crippen molar-refractivity contribution < 1.29 is 9.53 Å². The molecule has 4 nitrogen and oxygen atoms in total. The minimum atomic E-state index is -0.568. The standard InChI is InChI=1S/C15H18N2O2S/c1-15(2,3)19-14(18)17(16)12-8-6-11(7-9-12)13-5-4-10-20-13/h4-10H,16H2,1-3H3. The number of ether oxygens (including phenoxy) is 1. The summed E-state index contributed by atoms with van der Waals surface area (Å²) >= 11 is 1.67. The Labute approximate surface area is 122 Å². The van der Waals surface area contributed by atoms with Crippen LogP contribution >= 0.6 is 11.3 Å². The molecule has 0 saturated carbocycles. The number of amides is 1. The topological polar surface area (TPSA) is 55.6 Å². The number of nitrogens with zero attached hydrogens (tertiary/aromatic N) is 1. The number of hydrogen-bond acceptors (Lipinski definition) is 4. The number of carbonyl (C=O) groups excluding carboxylic acids is 1. The maximum atomic E-state index is 11.9. The van der Waals surface area contributed by atoms with E-state index in [0.29, 0.717) is 5.69 Å². The molecular weight excluding hydrogens is 272 g/mol. The monoisotopic (exact) mass is 290 g/mol. The van der Waals surface area contributed by atoms with E-state index in [1.54, 1.807) is 44.2 Å². The Morgan fingerprint density at radius 3 is 2.35 bits per heavy atom. The van der Waals surface area contributed by atoms with Gasteiger partial charge in [0.05, 0.1) is 5.69 Å². The Morgan fingerprint density at radius 1 is 1.20 bits per heavy atom. The van der Waals surface area contributed by atoms with Gasteiger partial charge in [-0.1, -0.05) is 18.2 Å². The predicted molar refractivity (Wildman–Crippen MR) is 82.7 cm³/mol. The summed E-state index contributed by atoms with van der Waals surface area (Å²) in [6.45, 7) is 5.41. The molecule has 20 heavy (non-hydrogen) atoms. The largest absolute Gasteiger partial charge is 0.442 e. The molecule has 0 spiro atoms. The van der Waals surface area contributed by atoms with Crippen molar-refractivity contribution in [2.24, 2.45) is 5.84 Å². The number of hydrazine groups is 1. The van der Waals surface area contributed by atoms with Gasteiger partial charge in [-0.3, -0.25) is 0 Å². The highest BCUT2D eigenvalue weighted by atomic mass is 32.1. The van der Waals surface area contributed by atoms with Crippen LogP contribution in [0.2, 0.25) is 0 Å². The molecule has 0 radical (unpaired) electrons. The first-order chi connectivity index (χ1) is 9.37. The van der Waals surface area contributed by atoms with Gasteiger partial charge in [-0.2, -0.15) is 0 Å².